The second-order valence-electron chi connectivity index (χ2n) is 8.78. The Morgan fingerprint density at radius 2 is 1.54 bits per heavy atom. The number of para-hydroxylation sites is 1. The van der Waals surface area contributed by atoms with Gasteiger partial charge in [-0.2, -0.15) is 0 Å². The smallest absolute Gasteiger partial charge is 0.335 e. The van der Waals surface area contributed by atoms with E-state index in [1.807, 2.05) is 32.0 Å². The van der Waals surface area contributed by atoms with E-state index in [1.165, 1.54) is 16.8 Å². The van der Waals surface area contributed by atoms with Gasteiger partial charge >= 0.3 is 5.97 Å². The molecule has 0 aliphatic heterocycles. The molecule has 0 saturated carbocycles. The molecule has 4 aromatic rings. The molecule has 0 radical (unpaired) electrons. The fraction of sp³-hybridized carbons (Fsp3) is 0.241. The Bertz CT molecular complexity index is 1540. The number of aryl methyl sites for hydroxylation is 3. The molecule has 0 amide bonds. The Kier molecular flexibility index (Phi) is 12.6. The lowest BCUT2D eigenvalue weighted by Gasteiger charge is -2.07. The first-order chi connectivity index (χ1) is 19.6. The number of nitrogens with two attached hydrogens (primary N) is 2. The van der Waals surface area contributed by atoms with Gasteiger partial charge in [-0.25, -0.2) is 9.48 Å². The van der Waals surface area contributed by atoms with E-state index in [-0.39, 0.29) is 41.5 Å². The Labute approximate surface area is 237 Å². The average molecular weight is 565 g/mol. The highest BCUT2D eigenvalue weighted by Gasteiger charge is 2.14. The first-order valence-electron chi connectivity index (χ1n) is 12.7. The van der Waals surface area contributed by atoms with Crippen LogP contribution in [0.2, 0.25) is 0 Å². The summed E-state index contributed by atoms with van der Waals surface area (Å²) in [6, 6.07) is 16.8. The lowest BCUT2D eigenvalue weighted by atomic mass is 10.0. The molecule has 41 heavy (non-hydrogen) atoms. The maximum absolute atomic E-state index is 12.9. The molecule has 9 N–H and O–H groups in total. The minimum Gasteiger partial charge on any atom is -0.505 e. The molecule has 0 saturated heterocycles. The maximum atomic E-state index is 12.9. The summed E-state index contributed by atoms with van der Waals surface area (Å²) in [4.78, 5) is 24.2. The number of hydrogen-bond donors (Lipinski definition) is 7. The average Bonchev–Trinajstić information content (AvgIpc) is 3.26. The largest absolute Gasteiger partial charge is 0.505 e. The molecule has 1 aromatic heterocycles. The highest BCUT2D eigenvalue weighted by Crippen LogP contribution is 2.38. The van der Waals surface area contributed by atoms with Crippen molar-refractivity contribution in [1.82, 2.24) is 9.78 Å². The number of benzene rings is 3. The third kappa shape index (κ3) is 8.68. The predicted molar refractivity (Wildman–Crippen MR) is 158 cm³/mol. The zero-order valence-corrected chi connectivity index (χ0v) is 23.2. The molecule has 12 heteroatoms. The molecule has 1 heterocycles. The van der Waals surface area contributed by atoms with E-state index >= 15 is 0 Å². The molecule has 0 aliphatic carbocycles. The van der Waals surface area contributed by atoms with Gasteiger partial charge in [0.25, 0.3) is 5.56 Å². The quantitative estimate of drug-likeness (QED) is 0.165. The summed E-state index contributed by atoms with van der Waals surface area (Å²) >= 11 is 0. The highest BCUT2D eigenvalue weighted by molar-refractivity contribution is 5.90. The molecule has 0 bridgehead atoms. The Balaban J connectivity index is 0.000000653. The van der Waals surface area contributed by atoms with E-state index in [1.54, 1.807) is 37.3 Å². The van der Waals surface area contributed by atoms with Crippen LogP contribution < -0.4 is 17.0 Å². The first-order valence-corrected chi connectivity index (χ1v) is 12.7. The summed E-state index contributed by atoms with van der Waals surface area (Å²) < 4.78 is 1.41. The van der Waals surface area contributed by atoms with E-state index in [0.717, 1.165) is 11.1 Å². The lowest BCUT2D eigenvalue weighted by molar-refractivity contribution is 0.0697. The number of carbonyl (C=O) groups is 1. The SMILES string of the molecule is Cc1ccc(-n2[nH]c(C)c(N=Nc3cccc(-c4cccc(C(=O)O)c4)c3O)c2=O)cc1C.NCCO.NCCO. The molecule has 218 valence electrons. The molecule has 0 atom stereocenters. The van der Waals surface area contributed by atoms with Crippen LogP contribution in [0.3, 0.4) is 0 Å². The number of phenolic OH excluding ortho intramolecular Hbond substituents is 1. The number of aromatic hydroxyl groups is 1. The van der Waals surface area contributed by atoms with Gasteiger partial charge in [-0.15, -0.1) is 10.2 Å². The van der Waals surface area contributed by atoms with Crippen LogP contribution >= 0.6 is 0 Å². The third-order valence-electron chi connectivity index (χ3n) is 5.74. The number of hydrogen-bond acceptors (Lipinski definition) is 9. The molecule has 0 spiro atoms. The molecule has 0 aliphatic rings. The number of rotatable bonds is 7. The minimum atomic E-state index is -1.06. The minimum absolute atomic E-state index is 0.0972. The van der Waals surface area contributed by atoms with Crippen LogP contribution in [0.25, 0.3) is 16.8 Å². The molecular formula is C29H36N6O6. The number of aliphatic hydroxyl groups is 2. The van der Waals surface area contributed by atoms with Gasteiger partial charge in [0.05, 0.1) is 30.2 Å². The number of carboxylic acid groups (broad SMARTS) is 1. The number of phenols is 1. The van der Waals surface area contributed by atoms with Crippen molar-refractivity contribution in [2.45, 2.75) is 20.8 Å². The summed E-state index contributed by atoms with van der Waals surface area (Å²) in [6.07, 6.45) is 0. The third-order valence-corrected chi connectivity index (χ3v) is 5.74. The highest BCUT2D eigenvalue weighted by atomic mass is 16.4. The molecular weight excluding hydrogens is 528 g/mol. The van der Waals surface area contributed by atoms with Crippen LogP contribution in [0.5, 0.6) is 5.75 Å². The van der Waals surface area contributed by atoms with Crippen molar-refractivity contribution in [3.63, 3.8) is 0 Å². The van der Waals surface area contributed by atoms with Crippen LogP contribution in [0.1, 0.15) is 27.2 Å². The van der Waals surface area contributed by atoms with Gasteiger partial charge in [0.15, 0.2) is 11.4 Å². The van der Waals surface area contributed by atoms with Crippen molar-refractivity contribution in [3.8, 4) is 22.6 Å². The van der Waals surface area contributed by atoms with Crippen molar-refractivity contribution in [2.75, 3.05) is 26.3 Å². The Morgan fingerprint density at radius 1 is 0.902 bits per heavy atom. The van der Waals surface area contributed by atoms with Crippen molar-refractivity contribution >= 4 is 17.3 Å². The molecule has 3 aromatic carbocycles. The summed E-state index contributed by atoms with van der Waals surface area (Å²) in [5, 5.41) is 46.7. The second-order valence-corrected chi connectivity index (χ2v) is 8.78. The van der Waals surface area contributed by atoms with Gasteiger partial charge in [-0.3, -0.25) is 9.89 Å². The number of aromatic nitrogens is 2. The maximum Gasteiger partial charge on any atom is 0.335 e. The summed E-state index contributed by atoms with van der Waals surface area (Å²) in [7, 11) is 0. The van der Waals surface area contributed by atoms with E-state index in [9.17, 15) is 19.8 Å². The predicted octanol–water partition coefficient (Wildman–Crippen LogP) is 3.45. The standard InChI is InChI=1S/C25H22N4O4.2C2H7NO/c1-14-10-11-19(12-15(14)2)29-24(31)22(16(3)28-29)27-26-21-9-5-8-20(23(21)30)17-6-4-7-18(13-17)25(32)33;2*3-1-2-4/h4-13,28,30H,1-3H3,(H,32,33);2*4H,1-3H2. The molecule has 0 fully saturated rings. The van der Waals surface area contributed by atoms with Gasteiger partial charge in [-0.1, -0.05) is 30.3 Å². The Hall–Kier alpha value is -4.62. The lowest BCUT2D eigenvalue weighted by Crippen LogP contribution is -2.14. The van der Waals surface area contributed by atoms with Crippen LogP contribution in [0, 0.1) is 20.8 Å². The van der Waals surface area contributed by atoms with Crippen molar-refractivity contribution in [2.24, 2.45) is 21.7 Å². The number of carboxylic acids is 1. The van der Waals surface area contributed by atoms with Crippen LogP contribution in [-0.4, -0.2) is 62.5 Å². The zero-order chi connectivity index (χ0) is 30.5. The summed E-state index contributed by atoms with van der Waals surface area (Å²) in [5.41, 5.74) is 13.9. The first kappa shape index (κ1) is 32.6. The summed E-state index contributed by atoms with van der Waals surface area (Å²) in [5.74, 6) is -1.22. The van der Waals surface area contributed by atoms with Gasteiger partial charge in [0, 0.05) is 18.7 Å². The molecule has 0 unspecified atom stereocenters. The van der Waals surface area contributed by atoms with E-state index in [4.69, 9.17) is 21.7 Å². The monoisotopic (exact) mass is 564 g/mol. The van der Waals surface area contributed by atoms with Gasteiger partial charge in [0.1, 0.15) is 5.69 Å². The van der Waals surface area contributed by atoms with Crippen molar-refractivity contribution < 1.29 is 25.2 Å². The zero-order valence-electron chi connectivity index (χ0n) is 23.2. The topological polar surface area (TPSA) is 213 Å². The summed E-state index contributed by atoms with van der Waals surface area (Å²) in [6.45, 7) is 6.64. The number of nitrogens with zero attached hydrogens (tertiary/aromatic N) is 3. The number of aromatic amines is 1. The van der Waals surface area contributed by atoms with Gasteiger partial charge < -0.3 is 31.9 Å². The Morgan fingerprint density at radius 3 is 2.12 bits per heavy atom. The number of aliphatic hydroxyl groups excluding tert-OH is 2. The van der Waals surface area contributed by atoms with Crippen LogP contribution in [0.15, 0.2) is 75.7 Å². The van der Waals surface area contributed by atoms with Gasteiger partial charge in [0.2, 0.25) is 0 Å². The normalized spacial score (nSPS) is 10.5. The second kappa shape index (κ2) is 15.8. The fourth-order valence-corrected chi connectivity index (χ4v) is 3.47. The van der Waals surface area contributed by atoms with E-state index in [0.29, 0.717) is 35.6 Å². The van der Waals surface area contributed by atoms with Crippen LogP contribution in [0.4, 0.5) is 11.4 Å². The number of azo groups is 1. The number of nitrogens with one attached hydrogen (secondary N) is 1. The van der Waals surface area contributed by atoms with E-state index < -0.39 is 5.97 Å². The van der Waals surface area contributed by atoms with Gasteiger partial charge in [-0.05, 0) is 67.8 Å². The number of aromatic carboxylic acids is 1. The fourth-order valence-electron chi connectivity index (χ4n) is 3.47. The van der Waals surface area contributed by atoms with Crippen LogP contribution in [-0.2, 0) is 0 Å². The van der Waals surface area contributed by atoms with Crippen molar-refractivity contribution in [3.05, 3.63) is 93.4 Å². The van der Waals surface area contributed by atoms with E-state index in [2.05, 4.69) is 15.3 Å². The molecule has 4 rings (SSSR count). The molecule has 12 nitrogen and oxygen atoms in total. The number of H-pyrrole nitrogens is 1. The van der Waals surface area contributed by atoms with Crippen molar-refractivity contribution in [1.29, 1.82) is 0 Å².